The molecule has 0 radical (unpaired) electrons. The Morgan fingerprint density at radius 1 is 1.58 bits per heavy atom. The molecule has 64 valence electrons. The second-order valence-electron chi connectivity index (χ2n) is 2.76. The average molecular weight is 197 g/mol. The van der Waals surface area contributed by atoms with E-state index in [1.807, 2.05) is 6.92 Å². The van der Waals surface area contributed by atoms with Crippen molar-refractivity contribution < 1.29 is 0 Å². The fraction of sp³-hybridized carbons (Fsp3) is 0.444. The van der Waals surface area contributed by atoms with Crippen molar-refractivity contribution in [3.8, 4) is 0 Å². The van der Waals surface area contributed by atoms with Crippen LogP contribution in [0.25, 0.3) is 0 Å². The zero-order valence-corrected chi connectivity index (χ0v) is 9.05. The van der Waals surface area contributed by atoms with Crippen molar-refractivity contribution in [2.45, 2.75) is 26.8 Å². The Hall–Kier alpha value is -0.500. The lowest BCUT2D eigenvalue weighted by Gasteiger charge is -2.01. The van der Waals surface area contributed by atoms with Crippen molar-refractivity contribution in [2.24, 2.45) is 4.99 Å². The predicted octanol–water partition coefficient (Wildman–Crippen LogP) is 3.53. The summed E-state index contributed by atoms with van der Waals surface area (Å²) in [6.07, 6.45) is 0. The molecular weight excluding hydrogens is 186 g/mol. The van der Waals surface area contributed by atoms with Gasteiger partial charge >= 0.3 is 0 Å². The van der Waals surface area contributed by atoms with E-state index in [0.29, 0.717) is 0 Å². The molecule has 1 nitrogen and oxygen atoms in total. The Balaban J connectivity index is 3.01. The number of nitrogens with zero attached hydrogens (tertiary/aromatic N) is 1. The Kier molecular flexibility index (Phi) is 3.15. The summed E-state index contributed by atoms with van der Waals surface area (Å²) in [7, 11) is 0. The summed E-state index contributed by atoms with van der Waals surface area (Å²) in [6, 6.07) is 2.33. The van der Waals surface area contributed by atoms with E-state index in [2.05, 4.69) is 42.3 Å². The third kappa shape index (κ3) is 2.01. The van der Waals surface area contributed by atoms with Crippen LogP contribution in [0.4, 0.5) is 0 Å². The molecule has 0 aliphatic heterocycles. The molecule has 0 saturated heterocycles. The number of hydrogen-bond acceptors (Lipinski definition) is 3. The number of thiophene rings is 1. The van der Waals surface area contributed by atoms with Gasteiger partial charge in [0, 0.05) is 9.75 Å². The molecule has 1 aromatic rings. The second-order valence-corrected chi connectivity index (χ2v) is 4.41. The van der Waals surface area contributed by atoms with Gasteiger partial charge in [-0.1, -0.05) is 0 Å². The Morgan fingerprint density at radius 2 is 2.25 bits per heavy atom. The number of aryl methyl sites for hydroxylation is 2. The van der Waals surface area contributed by atoms with Gasteiger partial charge in [0.25, 0.3) is 0 Å². The molecule has 0 aliphatic rings. The Morgan fingerprint density at radius 3 is 2.67 bits per heavy atom. The molecule has 1 aromatic heterocycles. The highest BCUT2D eigenvalue weighted by Crippen LogP contribution is 2.27. The van der Waals surface area contributed by atoms with Gasteiger partial charge in [-0.05, 0) is 44.6 Å². The first kappa shape index (κ1) is 9.59. The number of rotatable bonds is 2. The topological polar surface area (TPSA) is 12.4 Å². The van der Waals surface area contributed by atoms with Gasteiger partial charge in [0.2, 0.25) is 0 Å². The highest BCUT2D eigenvalue weighted by Gasteiger charge is 2.08. The van der Waals surface area contributed by atoms with Crippen molar-refractivity contribution in [1.82, 2.24) is 0 Å². The molecule has 0 aromatic carbocycles. The molecule has 12 heavy (non-hydrogen) atoms. The molecule has 0 aliphatic carbocycles. The van der Waals surface area contributed by atoms with E-state index < -0.39 is 0 Å². The summed E-state index contributed by atoms with van der Waals surface area (Å²) in [5, 5.41) is 2.42. The molecule has 0 N–H and O–H groups in total. The molecule has 3 heteroatoms. The smallest absolute Gasteiger partial charge is 0.0834 e. The minimum Gasteiger partial charge on any atom is -0.225 e. The van der Waals surface area contributed by atoms with Gasteiger partial charge in [0.1, 0.15) is 0 Å². The Labute approximate surface area is 82.2 Å². The molecule has 0 amide bonds. The highest BCUT2D eigenvalue weighted by molar-refractivity contribution is 7.78. The molecule has 1 unspecified atom stereocenters. The highest BCUT2D eigenvalue weighted by atomic mass is 32.1. The lowest BCUT2D eigenvalue weighted by atomic mass is 10.1. The first-order chi connectivity index (χ1) is 5.65. The first-order valence-electron chi connectivity index (χ1n) is 3.79. The van der Waals surface area contributed by atoms with Crippen molar-refractivity contribution in [2.75, 3.05) is 0 Å². The first-order valence-corrected chi connectivity index (χ1v) is 5.01. The van der Waals surface area contributed by atoms with E-state index in [-0.39, 0.29) is 6.04 Å². The molecule has 0 saturated carbocycles. The lowest BCUT2D eigenvalue weighted by Crippen LogP contribution is -1.87. The maximum absolute atomic E-state index is 4.57. The van der Waals surface area contributed by atoms with Gasteiger partial charge in [0.05, 0.1) is 11.2 Å². The van der Waals surface area contributed by atoms with Crippen LogP contribution >= 0.6 is 23.6 Å². The van der Waals surface area contributed by atoms with Crippen molar-refractivity contribution in [1.29, 1.82) is 0 Å². The standard InChI is InChI=1S/C9H11NS2/c1-6-4-9(8(3)12-6)7(2)10-5-11/h4,7H,1-3H3. The lowest BCUT2D eigenvalue weighted by molar-refractivity contribution is 0.825. The Bertz CT molecular complexity index is 321. The largest absolute Gasteiger partial charge is 0.225 e. The number of thiocarbonyl (C=S) groups is 1. The molecule has 1 heterocycles. The van der Waals surface area contributed by atoms with Crippen LogP contribution in [0.3, 0.4) is 0 Å². The van der Waals surface area contributed by atoms with Gasteiger partial charge in [0.15, 0.2) is 0 Å². The molecule has 0 fully saturated rings. The van der Waals surface area contributed by atoms with Crippen molar-refractivity contribution in [3.05, 3.63) is 21.4 Å². The van der Waals surface area contributed by atoms with Gasteiger partial charge in [-0.3, -0.25) is 0 Å². The van der Waals surface area contributed by atoms with Gasteiger partial charge in [-0.2, -0.15) is 0 Å². The zero-order chi connectivity index (χ0) is 9.14. The van der Waals surface area contributed by atoms with E-state index in [1.54, 1.807) is 11.3 Å². The molecule has 1 atom stereocenters. The SMILES string of the molecule is Cc1cc(C(C)N=C=S)c(C)s1. The summed E-state index contributed by atoms with van der Waals surface area (Å²) in [6.45, 7) is 6.26. The van der Waals surface area contributed by atoms with Crippen LogP contribution in [-0.2, 0) is 0 Å². The van der Waals surface area contributed by atoms with Crippen LogP contribution in [0, 0.1) is 13.8 Å². The third-order valence-electron chi connectivity index (χ3n) is 1.78. The van der Waals surface area contributed by atoms with Crippen LogP contribution < -0.4 is 0 Å². The zero-order valence-electron chi connectivity index (χ0n) is 7.42. The molecule has 1 rings (SSSR count). The summed E-state index contributed by atoms with van der Waals surface area (Å²) in [5.41, 5.74) is 1.27. The predicted molar refractivity (Wildman–Crippen MR) is 57.2 cm³/mol. The normalized spacial score (nSPS) is 12.2. The summed E-state index contributed by atoms with van der Waals surface area (Å²) >= 11 is 6.37. The maximum Gasteiger partial charge on any atom is 0.0834 e. The van der Waals surface area contributed by atoms with E-state index in [1.165, 1.54) is 15.3 Å². The molecule has 0 bridgehead atoms. The van der Waals surface area contributed by atoms with Crippen LogP contribution in [0.15, 0.2) is 11.1 Å². The van der Waals surface area contributed by atoms with Crippen LogP contribution in [-0.4, -0.2) is 5.16 Å². The maximum atomic E-state index is 4.57. The summed E-state index contributed by atoms with van der Waals surface area (Å²) < 4.78 is 0. The number of isothiocyanates is 1. The van der Waals surface area contributed by atoms with E-state index in [9.17, 15) is 0 Å². The van der Waals surface area contributed by atoms with Crippen LogP contribution in [0.2, 0.25) is 0 Å². The number of aliphatic imine (C=N–C) groups is 1. The van der Waals surface area contributed by atoms with E-state index >= 15 is 0 Å². The van der Waals surface area contributed by atoms with Gasteiger partial charge in [-0.15, -0.1) is 11.3 Å². The second kappa shape index (κ2) is 3.94. The fourth-order valence-electron chi connectivity index (χ4n) is 1.21. The van der Waals surface area contributed by atoms with Crippen LogP contribution in [0.1, 0.15) is 28.3 Å². The van der Waals surface area contributed by atoms with E-state index in [0.717, 1.165) is 0 Å². The van der Waals surface area contributed by atoms with Gasteiger partial charge < -0.3 is 0 Å². The summed E-state index contributed by atoms with van der Waals surface area (Å²) in [5.74, 6) is 0. The average Bonchev–Trinajstić information content (AvgIpc) is 2.30. The number of hydrogen-bond donors (Lipinski definition) is 0. The summed E-state index contributed by atoms with van der Waals surface area (Å²) in [4.78, 5) is 6.70. The van der Waals surface area contributed by atoms with Gasteiger partial charge in [-0.25, -0.2) is 4.99 Å². The quantitative estimate of drug-likeness (QED) is 0.522. The molecule has 0 spiro atoms. The third-order valence-corrected chi connectivity index (χ3v) is 2.86. The van der Waals surface area contributed by atoms with Crippen molar-refractivity contribution in [3.63, 3.8) is 0 Å². The monoisotopic (exact) mass is 197 g/mol. The van der Waals surface area contributed by atoms with Crippen molar-refractivity contribution >= 4 is 28.7 Å². The minimum absolute atomic E-state index is 0.160. The fourth-order valence-corrected chi connectivity index (χ4v) is 2.39. The minimum atomic E-state index is 0.160. The van der Waals surface area contributed by atoms with Crippen LogP contribution in [0.5, 0.6) is 0 Å². The molecular formula is C9H11NS2. The van der Waals surface area contributed by atoms with E-state index in [4.69, 9.17) is 0 Å².